The molecule has 2 heterocycles. The van der Waals surface area contributed by atoms with E-state index in [1.807, 2.05) is 24.3 Å². The molecule has 0 bridgehead atoms. The van der Waals surface area contributed by atoms with E-state index in [0.29, 0.717) is 0 Å². The van der Waals surface area contributed by atoms with Crippen LogP contribution in [0, 0.1) is 0 Å². The highest BCUT2D eigenvalue weighted by Crippen LogP contribution is 2.68. The van der Waals surface area contributed by atoms with Gasteiger partial charge in [-0.15, -0.1) is 0 Å². The molecule has 8 heteroatoms. The van der Waals surface area contributed by atoms with Crippen LogP contribution in [0.15, 0.2) is 76.6 Å². The number of benzene rings is 4. The highest BCUT2D eigenvalue weighted by atomic mass is 32.2. The fraction of sp³-hybridized carbons (Fsp3) is 0.154. The molecule has 0 atom stereocenters. The lowest BCUT2D eigenvalue weighted by Crippen LogP contribution is -1.93. The zero-order valence-electron chi connectivity index (χ0n) is 18.9. The average Bonchev–Trinajstić information content (AvgIpc) is 3.50. The van der Waals surface area contributed by atoms with Gasteiger partial charge in [0.1, 0.15) is 23.0 Å². The molecule has 0 spiro atoms. The number of rotatable bonds is 4. The van der Waals surface area contributed by atoms with Crippen molar-refractivity contribution in [2.75, 3.05) is 28.4 Å². The molecule has 4 aromatic carbocycles. The number of thioether (sulfide) groups is 4. The van der Waals surface area contributed by atoms with Crippen LogP contribution in [0.1, 0.15) is 0 Å². The van der Waals surface area contributed by atoms with Gasteiger partial charge in [0.2, 0.25) is 0 Å². The molecule has 0 N–H and O–H groups in total. The van der Waals surface area contributed by atoms with Gasteiger partial charge in [-0.2, -0.15) is 0 Å². The van der Waals surface area contributed by atoms with Gasteiger partial charge in [-0.25, -0.2) is 0 Å². The summed E-state index contributed by atoms with van der Waals surface area (Å²) in [5.41, 5.74) is 0. The summed E-state index contributed by atoms with van der Waals surface area (Å²) in [5.74, 6) is 3.58. The molecule has 4 aromatic rings. The van der Waals surface area contributed by atoms with Crippen molar-refractivity contribution in [2.45, 2.75) is 19.6 Å². The molecule has 4 nitrogen and oxygen atoms in total. The molecule has 0 saturated heterocycles. The molecular formula is C26H20O4S4. The van der Waals surface area contributed by atoms with Gasteiger partial charge in [0.25, 0.3) is 0 Å². The minimum atomic E-state index is 0.894. The second-order valence-electron chi connectivity index (χ2n) is 7.52. The van der Waals surface area contributed by atoms with Crippen LogP contribution in [0.5, 0.6) is 23.0 Å². The summed E-state index contributed by atoms with van der Waals surface area (Å²) in [4.78, 5) is 4.41. The lowest BCUT2D eigenvalue weighted by atomic mass is 10.1. The molecule has 0 aliphatic carbocycles. The van der Waals surface area contributed by atoms with Crippen LogP contribution in [-0.4, -0.2) is 28.4 Å². The number of hydrogen-bond donors (Lipinski definition) is 0. The maximum Gasteiger partial charge on any atom is 0.142 e. The van der Waals surface area contributed by atoms with Crippen LogP contribution >= 0.6 is 47.0 Å². The molecule has 0 fully saturated rings. The fourth-order valence-corrected chi connectivity index (χ4v) is 10.2. The van der Waals surface area contributed by atoms with E-state index in [9.17, 15) is 0 Å². The average molecular weight is 525 g/mol. The second-order valence-corrected chi connectivity index (χ2v) is 12.1. The first-order valence-corrected chi connectivity index (χ1v) is 13.8. The lowest BCUT2D eigenvalue weighted by Gasteiger charge is -2.14. The SMILES string of the molecule is COc1c2c(c(OC)c3ccccc13)SC(=C1Sc3c(c(OC)c4ccccc4c3OC)S1)S2. The van der Waals surface area contributed by atoms with Crippen LogP contribution in [0.25, 0.3) is 21.5 Å². The van der Waals surface area contributed by atoms with Crippen molar-refractivity contribution in [1.29, 1.82) is 0 Å². The van der Waals surface area contributed by atoms with E-state index < -0.39 is 0 Å². The first-order valence-electron chi connectivity index (χ1n) is 10.5. The minimum Gasteiger partial charge on any atom is -0.495 e. The normalized spacial score (nSPS) is 14.5. The number of hydrogen-bond acceptors (Lipinski definition) is 8. The van der Waals surface area contributed by atoms with Crippen LogP contribution in [-0.2, 0) is 0 Å². The van der Waals surface area contributed by atoms with Gasteiger partial charge in [-0.3, -0.25) is 0 Å². The number of ether oxygens (including phenoxy) is 4. The Bertz CT molecular complexity index is 1290. The Morgan fingerprint density at radius 2 is 0.647 bits per heavy atom. The molecule has 0 aromatic heterocycles. The summed E-state index contributed by atoms with van der Waals surface area (Å²) in [6.07, 6.45) is 0. The van der Waals surface area contributed by atoms with Gasteiger partial charge in [0, 0.05) is 21.5 Å². The van der Waals surface area contributed by atoms with Gasteiger partial charge in [-0.1, -0.05) is 95.6 Å². The Kier molecular flexibility index (Phi) is 5.72. The molecule has 0 saturated carbocycles. The Hall–Kier alpha value is -2.26. The van der Waals surface area contributed by atoms with Crippen molar-refractivity contribution in [1.82, 2.24) is 0 Å². The second kappa shape index (κ2) is 8.75. The van der Waals surface area contributed by atoms with E-state index in [1.165, 1.54) is 8.47 Å². The summed E-state index contributed by atoms with van der Waals surface area (Å²) in [6.45, 7) is 0. The smallest absolute Gasteiger partial charge is 0.142 e. The molecular weight excluding hydrogens is 505 g/mol. The number of methoxy groups -OCH3 is 4. The molecule has 172 valence electrons. The van der Waals surface area contributed by atoms with E-state index in [-0.39, 0.29) is 0 Å². The Morgan fingerprint density at radius 3 is 0.853 bits per heavy atom. The number of fused-ring (bicyclic) bond motifs is 4. The first-order chi connectivity index (χ1) is 16.7. The monoisotopic (exact) mass is 524 g/mol. The Balaban J connectivity index is 1.51. The largest absolute Gasteiger partial charge is 0.495 e. The van der Waals surface area contributed by atoms with Gasteiger partial charge >= 0.3 is 0 Å². The predicted octanol–water partition coefficient (Wildman–Crippen LogP) is 8.25. The summed E-state index contributed by atoms with van der Waals surface area (Å²) in [6, 6.07) is 16.5. The molecule has 2 aliphatic heterocycles. The Morgan fingerprint density at radius 1 is 0.412 bits per heavy atom. The maximum absolute atomic E-state index is 5.90. The van der Waals surface area contributed by atoms with Crippen LogP contribution in [0.2, 0.25) is 0 Å². The van der Waals surface area contributed by atoms with Crippen LogP contribution < -0.4 is 18.9 Å². The van der Waals surface area contributed by atoms with Gasteiger partial charge in [-0.05, 0) is 0 Å². The van der Waals surface area contributed by atoms with Gasteiger partial charge in [0.15, 0.2) is 0 Å². The van der Waals surface area contributed by atoms with Crippen LogP contribution in [0.3, 0.4) is 0 Å². The molecule has 0 amide bonds. The third-order valence-electron chi connectivity index (χ3n) is 5.83. The highest BCUT2D eigenvalue weighted by Gasteiger charge is 2.35. The third kappa shape index (κ3) is 3.19. The summed E-state index contributed by atoms with van der Waals surface area (Å²) in [5, 5.41) is 4.24. The summed E-state index contributed by atoms with van der Waals surface area (Å²) < 4.78 is 26.0. The van der Waals surface area contributed by atoms with E-state index in [4.69, 9.17) is 18.9 Å². The van der Waals surface area contributed by atoms with Crippen molar-refractivity contribution in [3.63, 3.8) is 0 Å². The van der Waals surface area contributed by atoms with Crippen molar-refractivity contribution in [3.05, 3.63) is 57.0 Å². The topological polar surface area (TPSA) is 36.9 Å². The molecule has 0 unspecified atom stereocenters. The minimum absolute atomic E-state index is 0.894. The molecule has 0 radical (unpaired) electrons. The fourth-order valence-electron chi connectivity index (χ4n) is 4.42. The highest BCUT2D eigenvalue weighted by molar-refractivity contribution is 8.30. The van der Waals surface area contributed by atoms with Crippen molar-refractivity contribution < 1.29 is 18.9 Å². The van der Waals surface area contributed by atoms with Crippen molar-refractivity contribution in [3.8, 4) is 23.0 Å². The predicted molar refractivity (Wildman–Crippen MR) is 145 cm³/mol. The molecule has 2 aliphatic rings. The van der Waals surface area contributed by atoms with E-state index in [1.54, 1.807) is 75.5 Å². The van der Waals surface area contributed by atoms with Crippen molar-refractivity contribution in [2.24, 2.45) is 0 Å². The first kappa shape index (κ1) is 22.2. The van der Waals surface area contributed by atoms with Gasteiger partial charge in [0.05, 0.1) is 56.5 Å². The van der Waals surface area contributed by atoms with Crippen LogP contribution in [0.4, 0.5) is 0 Å². The third-order valence-corrected chi connectivity index (χ3v) is 11.5. The summed E-state index contributed by atoms with van der Waals surface area (Å²) >= 11 is 6.98. The summed E-state index contributed by atoms with van der Waals surface area (Å²) in [7, 11) is 6.95. The molecule has 6 rings (SSSR count). The molecule has 34 heavy (non-hydrogen) atoms. The zero-order chi connectivity index (χ0) is 23.4. The maximum atomic E-state index is 5.90. The van der Waals surface area contributed by atoms with Crippen molar-refractivity contribution >= 4 is 68.6 Å². The quantitative estimate of drug-likeness (QED) is 0.264. The van der Waals surface area contributed by atoms with E-state index in [2.05, 4.69) is 24.3 Å². The standard InChI is InChI=1S/C26H20O4S4/c1-27-17-13-9-5-6-10-14(13)18(28-2)22-21(17)31-25(32-22)26-33-23-19(29-3)15-11-7-8-12-16(15)20(30-4)24(23)34-26/h5-12H,1-4H3. The Labute approximate surface area is 214 Å². The van der Waals surface area contributed by atoms with E-state index >= 15 is 0 Å². The zero-order valence-corrected chi connectivity index (χ0v) is 22.2. The lowest BCUT2D eigenvalue weighted by molar-refractivity contribution is 0.392. The van der Waals surface area contributed by atoms with Gasteiger partial charge < -0.3 is 18.9 Å². The van der Waals surface area contributed by atoms with E-state index in [0.717, 1.165) is 64.1 Å².